The Bertz CT molecular complexity index is 153. The molecule has 0 aromatic heterocycles. The molecule has 1 aliphatic carbocycles. The van der Waals surface area contributed by atoms with E-state index >= 15 is 0 Å². The minimum Gasteiger partial charge on any atom is -0.330 e. The zero-order valence-corrected chi connectivity index (χ0v) is 10.5. The Morgan fingerprint density at radius 3 is 2.47 bits per heavy atom. The highest BCUT2D eigenvalue weighted by Gasteiger charge is 2.18. The van der Waals surface area contributed by atoms with Gasteiger partial charge in [-0.3, -0.25) is 0 Å². The molecule has 0 aromatic carbocycles. The highest BCUT2D eigenvalue weighted by Crippen LogP contribution is 2.25. The van der Waals surface area contributed by atoms with Gasteiger partial charge in [0.05, 0.1) is 0 Å². The maximum absolute atomic E-state index is 5.65. The van der Waals surface area contributed by atoms with Crippen molar-refractivity contribution < 1.29 is 0 Å². The van der Waals surface area contributed by atoms with Crippen LogP contribution in [0.15, 0.2) is 0 Å². The second-order valence-electron chi connectivity index (χ2n) is 5.08. The summed E-state index contributed by atoms with van der Waals surface area (Å²) in [4.78, 5) is 2.54. The van der Waals surface area contributed by atoms with E-state index in [0.717, 1.165) is 18.9 Å². The van der Waals surface area contributed by atoms with Crippen LogP contribution in [-0.2, 0) is 0 Å². The van der Waals surface area contributed by atoms with Gasteiger partial charge >= 0.3 is 0 Å². The molecule has 90 valence electrons. The molecule has 15 heavy (non-hydrogen) atoms. The first-order chi connectivity index (χ1) is 7.27. The second kappa shape index (κ2) is 7.24. The SMILES string of the molecule is CCC(CCN)N(C)CC1CCCCC1. The molecule has 2 nitrogen and oxygen atoms in total. The van der Waals surface area contributed by atoms with Gasteiger partial charge in [0.25, 0.3) is 0 Å². The summed E-state index contributed by atoms with van der Waals surface area (Å²) < 4.78 is 0. The number of nitrogens with two attached hydrogens (primary N) is 1. The van der Waals surface area contributed by atoms with E-state index < -0.39 is 0 Å². The van der Waals surface area contributed by atoms with Crippen molar-refractivity contribution in [1.29, 1.82) is 0 Å². The summed E-state index contributed by atoms with van der Waals surface area (Å²) in [5.41, 5.74) is 5.65. The van der Waals surface area contributed by atoms with Gasteiger partial charge in [-0.25, -0.2) is 0 Å². The van der Waals surface area contributed by atoms with Crippen molar-refractivity contribution in [3.05, 3.63) is 0 Å². The fourth-order valence-corrected chi connectivity index (χ4v) is 2.85. The van der Waals surface area contributed by atoms with Gasteiger partial charge < -0.3 is 10.6 Å². The molecule has 0 spiro atoms. The van der Waals surface area contributed by atoms with Crippen LogP contribution in [0, 0.1) is 5.92 Å². The summed E-state index contributed by atoms with van der Waals surface area (Å²) in [6.07, 6.45) is 9.64. The third kappa shape index (κ3) is 4.52. The van der Waals surface area contributed by atoms with Crippen molar-refractivity contribution in [2.75, 3.05) is 20.1 Å². The van der Waals surface area contributed by atoms with E-state index in [-0.39, 0.29) is 0 Å². The van der Waals surface area contributed by atoms with Crippen molar-refractivity contribution in [3.63, 3.8) is 0 Å². The van der Waals surface area contributed by atoms with E-state index in [1.807, 2.05) is 0 Å². The molecular weight excluding hydrogens is 184 g/mol. The number of hydrogen-bond donors (Lipinski definition) is 1. The van der Waals surface area contributed by atoms with Gasteiger partial charge in [0, 0.05) is 12.6 Å². The van der Waals surface area contributed by atoms with Gasteiger partial charge in [-0.2, -0.15) is 0 Å². The lowest BCUT2D eigenvalue weighted by Crippen LogP contribution is -2.37. The van der Waals surface area contributed by atoms with E-state index in [4.69, 9.17) is 5.73 Å². The highest BCUT2D eigenvalue weighted by molar-refractivity contribution is 4.73. The Labute approximate surface area is 95.2 Å². The van der Waals surface area contributed by atoms with Crippen LogP contribution in [0.2, 0.25) is 0 Å². The Balaban J connectivity index is 2.27. The molecule has 0 radical (unpaired) electrons. The number of nitrogens with zero attached hydrogens (tertiary/aromatic N) is 1. The van der Waals surface area contributed by atoms with Gasteiger partial charge in [0.15, 0.2) is 0 Å². The molecule has 2 N–H and O–H groups in total. The monoisotopic (exact) mass is 212 g/mol. The summed E-state index contributed by atoms with van der Waals surface area (Å²) >= 11 is 0. The van der Waals surface area contributed by atoms with Gasteiger partial charge in [-0.05, 0) is 45.2 Å². The summed E-state index contributed by atoms with van der Waals surface area (Å²) in [6.45, 7) is 4.39. The molecule has 0 aliphatic heterocycles. The summed E-state index contributed by atoms with van der Waals surface area (Å²) in [5.74, 6) is 0.954. The van der Waals surface area contributed by atoms with Crippen molar-refractivity contribution in [1.82, 2.24) is 4.90 Å². The molecule has 1 atom stereocenters. The molecule has 1 unspecified atom stereocenters. The molecule has 1 rings (SSSR count). The average molecular weight is 212 g/mol. The molecule has 0 bridgehead atoms. The molecule has 0 heterocycles. The van der Waals surface area contributed by atoms with Crippen LogP contribution < -0.4 is 5.73 Å². The standard InChI is InChI=1S/C13H28N2/c1-3-13(9-10-14)15(2)11-12-7-5-4-6-8-12/h12-13H,3-11,14H2,1-2H3. The first kappa shape index (κ1) is 13.0. The maximum atomic E-state index is 5.65. The van der Waals surface area contributed by atoms with Crippen LogP contribution in [0.25, 0.3) is 0 Å². The van der Waals surface area contributed by atoms with Crippen LogP contribution in [0.5, 0.6) is 0 Å². The molecule has 1 aliphatic rings. The van der Waals surface area contributed by atoms with Crippen molar-refractivity contribution in [3.8, 4) is 0 Å². The zero-order chi connectivity index (χ0) is 11.1. The third-order valence-electron chi connectivity index (χ3n) is 3.87. The molecule has 2 heteroatoms. The highest BCUT2D eigenvalue weighted by atomic mass is 15.1. The van der Waals surface area contributed by atoms with Crippen LogP contribution in [0.4, 0.5) is 0 Å². The first-order valence-corrected chi connectivity index (χ1v) is 6.68. The predicted molar refractivity (Wildman–Crippen MR) is 67.0 cm³/mol. The predicted octanol–water partition coefficient (Wildman–Crippen LogP) is 2.63. The Hall–Kier alpha value is -0.0800. The Morgan fingerprint density at radius 1 is 1.27 bits per heavy atom. The molecule has 0 amide bonds. The lowest BCUT2D eigenvalue weighted by atomic mass is 9.88. The minimum absolute atomic E-state index is 0.705. The summed E-state index contributed by atoms with van der Waals surface area (Å²) in [6, 6.07) is 0.705. The number of hydrogen-bond acceptors (Lipinski definition) is 2. The quantitative estimate of drug-likeness (QED) is 0.733. The minimum atomic E-state index is 0.705. The lowest BCUT2D eigenvalue weighted by molar-refractivity contribution is 0.172. The smallest absolute Gasteiger partial charge is 0.0102 e. The molecule has 1 saturated carbocycles. The molecule has 0 saturated heterocycles. The zero-order valence-electron chi connectivity index (χ0n) is 10.5. The Morgan fingerprint density at radius 2 is 1.93 bits per heavy atom. The van der Waals surface area contributed by atoms with E-state index in [9.17, 15) is 0 Å². The summed E-state index contributed by atoms with van der Waals surface area (Å²) in [7, 11) is 2.28. The van der Waals surface area contributed by atoms with Crippen LogP contribution >= 0.6 is 0 Å². The number of rotatable bonds is 6. The van der Waals surface area contributed by atoms with Crippen LogP contribution in [0.3, 0.4) is 0 Å². The molecular formula is C13H28N2. The van der Waals surface area contributed by atoms with Crippen LogP contribution in [0.1, 0.15) is 51.9 Å². The van der Waals surface area contributed by atoms with E-state index in [2.05, 4.69) is 18.9 Å². The van der Waals surface area contributed by atoms with Crippen LogP contribution in [-0.4, -0.2) is 31.1 Å². The second-order valence-corrected chi connectivity index (χ2v) is 5.08. The fraction of sp³-hybridized carbons (Fsp3) is 1.00. The van der Waals surface area contributed by atoms with E-state index in [1.165, 1.54) is 45.1 Å². The third-order valence-corrected chi connectivity index (χ3v) is 3.87. The van der Waals surface area contributed by atoms with Gasteiger partial charge in [0.1, 0.15) is 0 Å². The van der Waals surface area contributed by atoms with Gasteiger partial charge in [-0.1, -0.05) is 26.2 Å². The average Bonchev–Trinajstić information content (AvgIpc) is 2.27. The maximum Gasteiger partial charge on any atom is 0.0102 e. The largest absolute Gasteiger partial charge is 0.330 e. The summed E-state index contributed by atoms with van der Waals surface area (Å²) in [5, 5.41) is 0. The lowest BCUT2D eigenvalue weighted by Gasteiger charge is -2.32. The van der Waals surface area contributed by atoms with E-state index in [1.54, 1.807) is 0 Å². The first-order valence-electron chi connectivity index (χ1n) is 6.68. The van der Waals surface area contributed by atoms with Crippen molar-refractivity contribution in [2.45, 2.75) is 57.9 Å². The van der Waals surface area contributed by atoms with Gasteiger partial charge in [-0.15, -0.1) is 0 Å². The fourth-order valence-electron chi connectivity index (χ4n) is 2.85. The molecule has 1 fully saturated rings. The van der Waals surface area contributed by atoms with Crippen molar-refractivity contribution >= 4 is 0 Å². The van der Waals surface area contributed by atoms with E-state index in [0.29, 0.717) is 6.04 Å². The normalized spacial score (nSPS) is 20.8. The molecule has 0 aromatic rings. The van der Waals surface area contributed by atoms with Crippen molar-refractivity contribution in [2.24, 2.45) is 11.7 Å². The topological polar surface area (TPSA) is 29.3 Å². The Kier molecular flexibility index (Phi) is 6.26. The van der Waals surface area contributed by atoms with Gasteiger partial charge in [0.2, 0.25) is 0 Å².